The fraction of sp³-hybridized carbons (Fsp3) is 0. The van der Waals surface area contributed by atoms with E-state index in [1.807, 2.05) is 6.07 Å². The average Bonchev–Trinajstić information content (AvgIpc) is 1.69. The van der Waals surface area contributed by atoms with Crippen molar-refractivity contribution in [1.82, 2.24) is 0 Å². The molecule has 0 spiro atoms. The van der Waals surface area contributed by atoms with Crippen LogP contribution in [-0.2, 0) is 0 Å². The molecule has 0 radical (unpaired) electrons. The molecule has 0 bridgehead atoms. The van der Waals surface area contributed by atoms with Crippen LogP contribution in [0.15, 0.2) is 30.3 Å². The fourth-order valence-corrected chi connectivity index (χ4v) is 0.428. The van der Waals surface area contributed by atoms with Crippen LogP contribution in [0.5, 0.6) is 5.75 Å². The van der Waals surface area contributed by atoms with Crippen LogP contribution in [-0.4, -0.2) is 28.2 Å². The summed E-state index contributed by atoms with van der Waals surface area (Å²) in [4.78, 5) is 0. The summed E-state index contributed by atoms with van der Waals surface area (Å²) in [7, 11) is 0. The number of benzene rings is 1. The maximum atomic E-state index is 8.63. The van der Waals surface area contributed by atoms with E-state index in [-0.39, 0.29) is 42.9 Å². The first kappa shape index (κ1) is 16.6. The summed E-state index contributed by atoms with van der Waals surface area (Å²) in [6.07, 6.45) is 0. The van der Waals surface area contributed by atoms with E-state index >= 15 is 0 Å². The van der Waals surface area contributed by atoms with Crippen molar-refractivity contribution in [3.63, 3.8) is 0 Å². The van der Waals surface area contributed by atoms with Crippen molar-refractivity contribution < 1.29 is 5.11 Å². The van der Waals surface area contributed by atoms with Crippen LogP contribution in [0.4, 0.5) is 0 Å². The Balaban J connectivity index is -0.000000163. The van der Waals surface area contributed by atoms with Gasteiger partial charge in [0.05, 0.1) is 0 Å². The van der Waals surface area contributed by atoms with E-state index < -0.39 is 0 Å². The van der Waals surface area contributed by atoms with Gasteiger partial charge >= 0.3 is 23.1 Å². The molecule has 3 heteroatoms. The van der Waals surface area contributed by atoms with E-state index in [9.17, 15) is 0 Å². The molecular weight excluding hydrogens is 160 g/mol. The quantitative estimate of drug-likeness (QED) is 0.465. The fourth-order valence-electron chi connectivity index (χ4n) is 0.428. The number of hydrogen-bond donors (Lipinski definition) is 1. The molecule has 1 rings (SSSR count). The zero-order valence-corrected chi connectivity index (χ0v) is 8.18. The number of para-hydroxylation sites is 1. The van der Waals surface area contributed by atoms with Gasteiger partial charge in [0.1, 0.15) is 5.75 Å². The van der Waals surface area contributed by atoms with Crippen LogP contribution in [0.1, 0.15) is 0 Å². The third kappa shape index (κ3) is 6.20. The topological polar surface area (TPSA) is 20.2 Å². The van der Waals surface area contributed by atoms with E-state index in [4.69, 9.17) is 5.11 Å². The summed E-state index contributed by atoms with van der Waals surface area (Å²) in [6, 6.07) is 8.71. The van der Waals surface area contributed by atoms with Gasteiger partial charge in [-0.05, 0) is 12.1 Å². The summed E-state index contributed by atoms with van der Waals surface area (Å²) in [5, 5.41) is 8.63. The third-order valence-electron chi connectivity index (χ3n) is 0.756. The summed E-state index contributed by atoms with van der Waals surface area (Å²) in [5.41, 5.74) is 0. The number of halogens is 1. The Morgan fingerprint density at radius 3 is 1.60 bits per heavy atom. The summed E-state index contributed by atoms with van der Waals surface area (Å²) >= 11 is 0. The van der Waals surface area contributed by atoms with Crippen LogP contribution in [0, 0.1) is 7.43 Å². The molecule has 0 saturated carbocycles. The monoisotopic (exact) mass is 169 g/mol. The summed E-state index contributed by atoms with van der Waals surface area (Å²) in [5.74, 6) is 0.322. The second kappa shape index (κ2) is 9.08. The molecule has 0 aliphatic heterocycles. The van der Waals surface area contributed by atoms with Crippen molar-refractivity contribution in [2.75, 3.05) is 0 Å². The van der Waals surface area contributed by atoms with Gasteiger partial charge in [0.2, 0.25) is 0 Å². The minimum atomic E-state index is 0. The number of rotatable bonds is 0. The zero-order valence-electron chi connectivity index (χ0n) is 5.95. The first-order chi connectivity index (χ1) is 3.39. The minimum Gasteiger partial charge on any atom is -0.508 e. The molecule has 1 N–H and O–H groups in total. The molecule has 0 amide bonds. The largest absolute Gasteiger partial charge is 2.00 e. The van der Waals surface area contributed by atoms with Gasteiger partial charge in [0, 0.05) is 0 Å². The van der Waals surface area contributed by atoms with Crippen LogP contribution in [0.2, 0.25) is 0 Å². The van der Waals surface area contributed by atoms with Crippen molar-refractivity contribution in [2.45, 2.75) is 0 Å². The van der Waals surface area contributed by atoms with Gasteiger partial charge in [-0.25, -0.2) is 0 Å². The molecule has 1 nitrogen and oxygen atoms in total. The van der Waals surface area contributed by atoms with Crippen LogP contribution >= 0.6 is 12.4 Å². The van der Waals surface area contributed by atoms with Crippen molar-refractivity contribution in [2.24, 2.45) is 0 Å². The predicted molar refractivity (Wildman–Crippen MR) is 47.5 cm³/mol. The Hall–Kier alpha value is 0.0762. The van der Waals surface area contributed by atoms with E-state index in [0.29, 0.717) is 5.75 Å². The minimum absolute atomic E-state index is 0. The third-order valence-corrected chi connectivity index (χ3v) is 0.756. The second-order valence-electron chi connectivity index (χ2n) is 1.34. The molecule has 0 atom stereocenters. The molecule has 1 aromatic rings. The normalized spacial score (nSPS) is 6.00. The number of phenolic OH excluding ortho intramolecular Hbond substituents is 1. The molecular formula is C7H10ClMgO+. The van der Waals surface area contributed by atoms with E-state index in [2.05, 4.69) is 0 Å². The van der Waals surface area contributed by atoms with E-state index in [1.54, 1.807) is 24.3 Å². The number of hydrogen-bond acceptors (Lipinski definition) is 1. The molecule has 1 aromatic carbocycles. The summed E-state index contributed by atoms with van der Waals surface area (Å²) < 4.78 is 0. The molecule has 52 valence electrons. The molecule has 0 fully saturated rings. The van der Waals surface area contributed by atoms with Crippen LogP contribution in [0.25, 0.3) is 0 Å². The predicted octanol–water partition coefficient (Wildman–Crippen LogP) is 1.88. The maximum absolute atomic E-state index is 8.63. The van der Waals surface area contributed by atoms with Gasteiger partial charge in [0.15, 0.2) is 0 Å². The van der Waals surface area contributed by atoms with Gasteiger partial charge in [-0.3, -0.25) is 0 Å². The maximum Gasteiger partial charge on any atom is 2.00 e. The molecule has 0 aliphatic carbocycles. The number of phenols is 1. The Morgan fingerprint density at radius 1 is 1.00 bits per heavy atom. The zero-order chi connectivity index (χ0) is 5.11. The molecule has 10 heavy (non-hydrogen) atoms. The van der Waals surface area contributed by atoms with Crippen molar-refractivity contribution >= 4 is 35.5 Å². The van der Waals surface area contributed by atoms with Crippen LogP contribution < -0.4 is 0 Å². The van der Waals surface area contributed by atoms with Crippen LogP contribution in [0.3, 0.4) is 0 Å². The second-order valence-corrected chi connectivity index (χ2v) is 1.34. The SMILES string of the molecule is Cl.Oc1ccccc1.[CH3-].[Mg+2]. The van der Waals surface area contributed by atoms with Gasteiger partial charge < -0.3 is 12.5 Å². The van der Waals surface area contributed by atoms with Gasteiger partial charge in [-0.15, -0.1) is 12.4 Å². The van der Waals surface area contributed by atoms with Gasteiger partial charge in [-0.1, -0.05) is 18.2 Å². The molecule has 0 saturated heterocycles. The van der Waals surface area contributed by atoms with E-state index in [1.165, 1.54) is 0 Å². The smallest absolute Gasteiger partial charge is 0.508 e. The first-order valence-electron chi connectivity index (χ1n) is 2.13. The Labute approximate surface area is 84.0 Å². The van der Waals surface area contributed by atoms with E-state index in [0.717, 1.165) is 0 Å². The molecule has 0 heterocycles. The first-order valence-corrected chi connectivity index (χ1v) is 2.13. The Morgan fingerprint density at radius 2 is 1.40 bits per heavy atom. The Bertz CT molecular complexity index is 144. The average molecular weight is 170 g/mol. The van der Waals surface area contributed by atoms with Gasteiger partial charge in [0.25, 0.3) is 0 Å². The van der Waals surface area contributed by atoms with Crippen molar-refractivity contribution in [3.8, 4) is 5.75 Å². The van der Waals surface area contributed by atoms with Crippen molar-refractivity contribution in [1.29, 1.82) is 0 Å². The standard InChI is InChI=1S/C6H6O.CH3.ClH.Mg/c7-6-4-2-1-3-5-6;;;/h1-5,7H;1H3;1H;/q;-1;;+2. The van der Waals surface area contributed by atoms with Crippen molar-refractivity contribution in [3.05, 3.63) is 37.8 Å². The number of aromatic hydroxyl groups is 1. The molecule has 0 aliphatic rings. The molecule has 0 unspecified atom stereocenters. The summed E-state index contributed by atoms with van der Waals surface area (Å²) in [6.45, 7) is 0. The van der Waals surface area contributed by atoms with Gasteiger partial charge in [-0.2, -0.15) is 0 Å². The Kier molecular flexibility index (Phi) is 15.0. The molecule has 0 aromatic heterocycles.